The van der Waals surface area contributed by atoms with Crippen LogP contribution in [0.1, 0.15) is 25.0 Å². The van der Waals surface area contributed by atoms with Crippen LogP contribution >= 0.6 is 0 Å². The SMILES string of the molecule is CCOC(=O)C1=CC=Cc2cc(C)ccc2N1C(=O)OCC. The van der Waals surface area contributed by atoms with Gasteiger partial charge in [-0.3, -0.25) is 0 Å². The van der Waals surface area contributed by atoms with E-state index < -0.39 is 12.1 Å². The molecule has 5 heteroatoms. The maximum Gasteiger partial charge on any atom is 0.419 e. The molecule has 1 heterocycles. The third-order valence-electron chi connectivity index (χ3n) is 3.13. The number of hydrogen-bond acceptors (Lipinski definition) is 4. The zero-order valence-corrected chi connectivity index (χ0v) is 13.0. The Kier molecular flexibility index (Phi) is 4.99. The zero-order chi connectivity index (χ0) is 16.1. The lowest BCUT2D eigenvalue weighted by atomic mass is 10.1. The number of hydrogen-bond donors (Lipinski definition) is 0. The van der Waals surface area contributed by atoms with Gasteiger partial charge in [0.15, 0.2) is 0 Å². The number of carbonyl (C=O) groups excluding carboxylic acids is 2. The standard InChI is InChI=1S/C17H19NO4/c1-4-21-16(19)15-8-6-7-13-11-12(3)9-10-14(13)18(15)17(20)22-5-2/h6-11H,4-5H2,1-3H3. The summed E-state index contributed by atoms with van der Waals surface area (Å²) < 4.78 is 10.1. The van der Waals surface area contributed by atoms with Crippen molar-refractivity contribution in [3.63, 3.8) is 0 Å². The molecule has 5 nitrogen and oxygen atoms in total. The predicted molar refractivity (Wildman–Crippen MR) is 84.4 cm³/mol. The van der Waals surface area contributed by atoms with Gasteiger partial charge in [-0.2, -0.15) is 0 Å². The number of nitrogens with zero attached hydrogens (tertiary/aromatic N) is 1. The first-order valence-electron chi connectivity index (χ1n) is 7.21. The summed E-state index contributed by atoms with van der Waals surface area (Å²) in [6.07, 6.45) is 4.53. The summed E-state index contributed by atoms with van der Waals surface area (Å²) >= 11 is 0. The Bertz CT molecular complexity index is 646. The van der Waals surface area contributed by atoms with Crippen molar-refractivity contribution in [2.75, 3.05) is 18.1 Å². The van der Waals surface area contributed by atoms with Crippen LogP contribution in [0.25, 0.3) is 6.08 Å². The van der Waals surface area contributed by atoms with E-state index in [4.69, 9.17) is 9.47 Å². The lowest BCUT2D eigenvalue weighted by molar-refractivity contribution is -0.138. The van der Waals surface area contributed by atoms with Crippen molar-refractivity contribution in [1.29, 1.82) is 0 Å². The van der Waals surface area contributed by atoms with Gasteiger partial charge in [-0.1, -0.05) is 23.8 Å². The maximum absolute atomic E-state index is 12.3. The molecule has 1 amide bonds. The first-order chi connectivity index (χ1) is 10.6. The molecular weight excluding hydrogens is 282 g/mol. The smallest absolute Gasteiger partial charge is 0.419 e. The molecule has 116 valence electrons. The normalized spacial score (nSPS) is 13.0. The highest BCUT2D eigenvalue weighted by Gasteiger charge is 2.29. The number of amides is 1. The van der Waals surface area contributed by atoms with Crippen LogP contribution < -0.4 is 4.90 Å². The number of aryl methyl sites for hydroxylation is 1. The van der Waals surface area contributed by atoms with E-state index >= 15 is 0 Å². The molecule has 0 N–H and O–H groups in total. The zero-order valence-electron chi connectivity index (χ0n) is 13.0. The van der Waals surface area contributed by atoms with E-state index in [-0.39, 0.29) is 18.9 Å². The minimum absolute atomic E-state index is 0.138. The number of fused-ring (bicyclic) bond motifs is 1. The summed E-state index contributed by atoms with van der Waals surface area (Å²) in [5.74, 6) is -0.561. The predicted octanol–water partition coefficient (Wildman–Crippen LogP) is 3.43. The highest BCUT2D eigenvalue weighted by atomic mass is 16.6. The number of rotatable bonds is 3. The molecule has 22 heavy (non-hydrogen) atoms. The Morgan fingerprint density at radius 2 is 1.86 bits per heavy atom. The molecule has 2 rings (SSSR count). The molecular formula is C17H19NO4. The summed E-state index contributed by atoms with van der Waals surface area (Å²) in [5, 5.41) is 0. The Morgan fingerprint density at radius 1 is 1.14 bits per heavy atom. The van der Waals surface area contributed by atoms with Gasteiger partial charge >= 0.3 is 12.1 Å². The number of allylic oxidation sites excluding steroid dienone is 2. The van der Waals surface area contributed by atoms with Gasteiger partial charge in [0.05, 0.1) is 18.9 Å². The molecule has 0 unspecified atom stereocenters. The molecule has 0 radical (unpaired) electrons. The second-order valence-electron chi connectivity index (χ2n) is 4.73. The summed E-state index contributed by atoms with van der Waals surface area (Å²) in [6, 6.07) is 5.62. The largest absolute Gasteiger partial charge is 0.461 e. The van der Waals surface area contributed by atoms with E-state index in [9.17, 15) is 9.59 Å². The van der Waals surface area contributed by atoms with Gasteiger partial charge in [0, 0.05) is 0 Å². The third-order valence-corrected chi connectivity index (χ3v) is 3.13. The summed E-state index contributed by atoms with van der Waals surface area (Å²) in [5.41, 5.74) is 2.63. The van der Waals surface area contributed by atoms with Crippen LogP contribution in [0.3, 0.4) is 0 Å². The lowest BCUT2D eigenvalue weighted by Gasteiger charge is -2.24. The van der Waals surface area contributed by atoms with Crippen LogP contribution in [0.2, 0.25) is 0 Å². The Hall–Kier alpha value is -2.56. The molecule has 1 aromatic carbocycles. The second kappa shape index (κ2) is 6.93. The van der Waals surface area contributed by atoms with Gasteiger partial charge < -0.3 is 9.47 Å². The summed E-state index contributed by atoms with van der Waals surface area (Å²) in [4.78, 5) is 25.8. The number of benzene rings is 1. The summed E-state index contributed by atoms with van der Waals surface area (Å²) in [7, 11) is 0. The van der Waals surface area contributed by atoms with E-state index in [0.717, 1.165) is 11.1 Å². The van der Waals surface area contributed by atoms with Crippen molar-refractivity contribution in [2.45, 2.75) is 20.8 Å². The van der Waals surface area contributed by atoms with Crippen molar-refractivity contribution >= 4 is 23.8 Å². The van der Waals surface area contributed by atoms with E-state index in [1.54, 1.807) is 32.1 Å². The highest BCUT2D eigenvalue weighted by molar-refractivity contribution is 6.06. The Labute approximate surface area is 129 Å². The van der Waals surface area contributed by atoms with Crippen LogP contribution in [-0.2, 0) is 14.3 Å². The molecule has 0 atom stereocenters. The fourth-order valence-corrected chi connectivity index (χ4v) is 2.21. The van der Waals surface area contributed by atoms with Gasteiger partial charge in [0.1, 0.15) is 5.70 Å². The quantitative estimate of drug-likeness (QED) is 0.803. The maximum atomic E-state index is 12.3. The van der Waals surface area contributed by atoms with Crippen LogP contribution in [-0.4, -0.2) is 25.3 Å². The lowest BCUT2D eigenvalue weighted by Crippen LogP contribution is -2.35. The Balaban J connectivity index is 2.52. The second-order valence-corrected chi connectivity index (χ2v) is 4.73. The van der Waals surface area contributed by atoms with Crippen molar-refractivity contribution in [3.8, 4) is 0 Å². The fraction of sp³-hybridized carbons (Fsp3) is 0.294. The molecule has 1 aliphatic rings. The number of esters is 1. The van der Waals surface area contributed by atoms with E-state index in [2.05, 4.69) is 0 Å². The first kappa shape index (κ1) is 15.8. The molecule has 0 aromatic heterocycles. The molecule has 0 bridgehead atoms. The molecule has 0 saturated heterocycles. The van der Waals surface area contributed by atoms with E-state index in [1.165, 1.54) is 4.90 Å². The Morgan fingerprint density at radius 3 is 2.55 bits per heavy atom. The van der Waals surface area contributed by atoms with Crippen molar-refractivity contribution in [2.24, 2.45) is 0 Å². The van der Waals surface area contributed by atoms with Gasteiger partial charge in [-0.25, -0.2) is 14.5 Å². The van der Waals surface area contributed by atoms with Crippen molar-refractivity contribution in [3.05, 3.63) is 47.2 Å². The van der Waals surface area contributed by atoms with Crippen molar-refractivity contribution < 1.29 is 19.1 Å². The van der Waals surface area contributed by atoms with Gasteiger partial charge in [0.2, 0.25) is 0 Å². The molecule has 0 saturated carbocycles. The van der Waals surface area contributed by atoms with Crippen LogP contribution in [0.5, 0.6) is 0 Å². The van der Waals surface area contributed by atoms with E-state index in [1.807, 2.05) is 25.1 Å². The van der Waals surface area contributed by atoms with Crippen LogP contribution in [0.4, 0.5) is 10.5 Å². The molecule has 0 aliphatic carbocycles. The van der Waals surface area contributed by atoms with Crippen LogP contribution in [0, 0.1) is 6.92 Å². The first-order valence-corrected chi connectivity index (χ1v) is 7.21. The minimum atomic E-state index is -0.601. The topological polar surface area (TPSA) is 55.8 Å². The monoisotopic (exact) mass is 301 g/mol. The van der Waals surface area contributed by atoms with Crippen LogP contribution in [0.15, 0.2) is 36.0 Å². The average molecular weight is 301 g/mol. The highest BCUT2D eigenvalue weighted by Crippen LogP contribution is 2.30. The third kappa shape index (κ3) is 3.19. The number of carbonyl (C=O) groups is 2. The molecule has 1 aliphatic heterocycles. The van der Waals surface area contributed by atoms with Gasteiger partial charge in [-0.15, -0.1) is 0 Å². The minimum Gasteiger partial charge on any atom is -0.461 e. The van der Waals surface area contributed by atoms with E-state index in [0.29, 0.717) is 5.69 Å². The van der Waals surface area contributed by atoms with Gasteiger partial charge in [-0.05, 0) is 44.5 Å². The average Bonchev–Trinajstić information content (AvgIpc) is 2.66. The molecule has 0 spiro atoms. The van der Waals surface area contributed by atoms with Gasteiger partial charge in [0.25, 0.3) is 0 Å². The fourth-order valence-electron chi connectivity index (χ4n) is 2.21. The number of ether oxygens (including phenoxy) is 2. The van der Waals surface area contributed by atoms with Crippen molar-refractivity contribution in [1.82, 2.24) is 0 Å². The number of anilines is 1. The molecule has 1 aromatic rings. The summed E-state index contributed by atoms with van der Waals surface area (Å²) in [6.45, 7) is 5.86. The molecule has 0 fully saturated rings.